The zero-order valence-corrected chi connectivity index (χ0v) is 13.8. The van der Waals surface area contributed by atoms with E-state index in [2.05, 4.69) is 25.3 Å². The maximum atomic E-state index is 10.5. The molecule has 0 saturated heterocycles. The summed E-state index contributed by atoms with van der Waals surface area (Å²) in [6, 6.07) is 12.4. The molecule has 0 fully saturated rings. The van der Waals surface area contributed by atoms with Crippen LogP contribution in [0.15, 0.2) is 48.5 Å². The third-order valence-corrected chi connectivity index (χ3v) is 2.69. The third-order valence-electron chi connectivity index (χ3n) is 2.25. The van der Waals surface area contributed by atoms with Gasteiger partial charge in [-0.25, -0.2) is 0 Å². The molecule has 0 radical (unpaired) electrons. The SMILES string of the molecule is O=C([S-])c1ccccc1O.O=C([S-])c1ccccc1O.[Li+].[Li+]. The monoisotopic (exact) mass is 320 g/mol. The Morgan fingerprint density at radius 2 is 0.955 bits per heavy atom. The molecule has 0 unspecified atom stereocenters. The Bertz CT molecular complexity index is 580. The number of benzene rings is 2. The van der Waals surface area contributed by atoms with Gasteiger partial charge in [0.15, 0.2) is 0 Å². The molecule has 0 aliphatic rings. The second kappa shape index (κ2) is 11.6. The first kappa shape index (κ1) is 23.3. The van der Waals surface area contributed by atoms with Crippen LogP contribution in [0.1, 0.15) is 20.7 Å². The quantitative estimate of drug-likeness (QED) is 0.436. The summed E-state index contributed by atoms with van der Waals surface area (Å²) in [6.45, 7) is 0. The van der Waals surface area contributed by atoms with Crippen molar-refractivity contribution < 1.29 is 57.5 Å². The first-order valence-corrected chi connectivity index (χ1v) is 6.23. The van der Waals surface area contributed by atoms with E-state index < -0.39 is 10.2 Å². The number of hydrogen-bond acceptors (Lipinski definition) is 6. The Labute approximate surface area is 163 Å². The molecule has 0 spiro atoms. The molecule has 2 aromatic rings. The van der Waals surface area contributed by atoms with Gasteiger partial charge in [-0.05, 0) is 24.3 Å². The molecule has 104 valence electrons. The van der Waals surface area contributed by atoms with E-state index in [-0.39, 0.29) is 60.3 Å². The second-order valence-corrected chi connectivity index (χ2v) is 4.35. The van der Waals surface area contributed by atoms with Crippen LogP contribution in [-0.4, -0.2) is 20.4 Å². The minimum Gasteiger partial charge on any atom is -0.737 e. The molecule has 4 nitrogen and oxygen atoms in total. The molecule has 0 atom stereocenters. The van der Waals surface area contributed by atoms with Crippen LogP contribution < -0.4 is 37.7 Å². The number of carbonyl (C=O) groups is 2. The van der Waals surface area contributed by atoms with Gasteiger partial charge in [0.1, 0.15) is 11.5 Å². The average molecular weight is 320 g/mol. The average Bonchev–Trinajstić information content (AvgIpc) is 2.40. The molecule has 0 aromatic heterocycles. The van der Waals surface area contributed by atoms with Crippen LogP contribution >= 0.6 is 0 Å². The van der Waals surface area contributed by atoms with Gasteiger partial charge in [0.2, 0.25) is 0 Å². The molecule has 0 aliphatic heterocycles. The topological polar surface area (TPSA) is 74.6 Å². The fraction of sp³-hybridized carbons (Fsp3) is 0. The van der Waals surface area contributed by atoms with E-state index in [1.807, 2.05) is 0 Å². The smallest absolute Gasteiger partial charge is 0.737 e. The van der Waals surface area contributed by atoms with Gasteiger partial charge in [-0.1, -0.05) is 24.3 Å². The molecule has 0 heterocycles. The summed E-state index contributed by atoms with van der Waals surface area (Å²) in [7, 11) is 0. The van der Waals surface area contributed by atoms with E-state index in [9.17, 15) is 9.59 Å². The summed E-state index contributed by atoms with van der Waals surface area (Å²) in [4.78, 5) is 21.0. The van der Waals surface area contributed by atoms with Crippen LogP contribution in [0.3, 0.4) is 0 Å². The minimum absolute atomic E-state index is 0. The molecule has 0 aliphatic carbocycles. The molecule has 8 heteroatoms. The zero-order chi connectivity index (χ0) is 15.1. The van der Waals surface area contributed by atoms with Gasteiger partial charge in [-0.2, -0.15) is 0 Å². The summed E-state index contributed by atoms with van der Waals surface area (Å²) in [5.74, 6) is -0.106. The van der Waals surface area contributed by atoms with Crippen LogP contribution in [-0.2, 0) is 25.3 Å². The maximum Gasteiger partial charge on any atom is 1.00 e. The van der Waals surface area contributed by atoms with Gasteiger partial charge in [0.05, 0.1) is 0 Å². The Morgan fingerprint density at radius 1 is 0.682 bits per heavy atom. The van der Waals surface area contributed by atoms with E-state index in [1.165, 1.54) is 24.3 Å². The number of carbonyl (C=O) groups excluding carboxylic acids is 2. The number of phenolic OH excluding ortho intramolecular Hbond substituents is 2. The zero-order valence-electron chi connectivity index (χ0n) is 12.1. The molecule has 0 amide bonds. The Kier molecular flexibility index (Phi) is 12.2. The first-order valence-electron chi connectivity index (χ1n) is 5.42. The van der Waals surface area contributed by atoms with Crippen LogP contribution in [0.25, 0.3) is 0 Å². The van der Waals surface area contributed by atoms with Crippen molar-refractivity contribution in [3.05, 3.63) is 59.7 Å². The summed E-state index contributed by atoms with van der Waals surface area (Å²) >= 11 is 8.67. The fourth-order valence-electron chi connectivity index (χ4n) is 1.29. The van der Waals surface area contributed by atoms with Gasteiger partial charge in [0.25, 0.3) is 0 Å². The second-order valence-electron chi connectivity index (χ2n) is 3.61. The predicted octanol–water partition coefficient (Wildman–Crippen LogP) is -3.83. The molecule has 0 saturated carbocycles. The van der Waals surface area contributed by atoms with Crippen molar-refractivity contribution in [1.82, 2.24) is 0 Å². The normalized spacial score (nSPS) is 8.36. The van der Waals surface area contributed by atoms with E-state index in [4.69, 9.17) is 10.2 Å². The van der Waals surface area contributed by atoms with Crippen molar-refractivity contribution in [2.45, 2.75) is 0 Å². The number of para-hydroxylation sites is 2. The van der Waals surface area contributed by atoms with E-state index in [0.29, 0.717) is 0 Å². The van der Waals surface area contributed by atoms with Crippen molar-refractivity contribution in [3.8, 4) is 11.5 Å². The van der Waals surface area contributed by atoms with Crippen LogP contribution in [0, 0.1) is 0 Å². The predicted molar refractivity (Wildman–Crippen MR) is 79.6 cm³/mol. The number of aromatic hydroxyl groups is 2. The number of phenols is 2. The van der Waals surface area contributed by atoms with Crippen molar-refractivity contribution >= 4 is 35.5 Å². The fourth-order valence-corrected chi connectivity index (χ4v) is 1.64. The Morgan fingerprint density at radius 3 is 1.14 bits per heavy atom. The Balaban J connectivity index is 0. The molecule has 22 heavy (non-hydrogen) atoms. The molecule has 2 aromatic carbocycles. The molecule has 0 bridgehead atoms. The van der Waals surface area contributed by atoms with Gasteiger partial charge in [0, 0.05) is 21.4 Å². The Hall–Kier alpha value is -0.985. The molecule has 2 rings (SSSR count). The van der Waals surface area contributed by atoms with Gasteiger partial charge < -0.3 is 45.1 Å². The maximum absolute atomic E-state index is 10.5. The molecular formula is C14H10Li2O4S2. The van der Waals surface area contributed by atoms with E-state index in [0.717, 1.165) is 0 Å². The molecule has 2 N–H and O–H groups in total. The van der Waals surface area contributed by atoms with Gasteiger partial charge in [-0.3, -0.25) is 0 Å². The van der Waals surface area contributed by atoms with Gasteiger partial charge in [-0.15, -0.1) is 0 Å². The van der Waals surface area contributed by atoms with Crippen molar-refractivity contribution in [3.63, 3.8) is 0 Å². The van der Waals surface area contributed by atoms with E-state index >= 15 is 0 Å². The first-order chi connectivity index (χ1) is 9.43. The summed E-state index contributed by atoms with van der Waals surface area (Å²) in [5.41, 5.74) is 0.384. The summed E-state index contributed by atoms with van der Waals surface area (Å²) in [5, 5.41) is 16.9. The summed E-state index contributed by atoms with van der Waals surface area (Å²) < 4.78 is 0. The van der Waals surface area contributed by atoms with E-state index in [1.54, 1.807) is 24.3 Å². The number of hydrogen-bond donors (Lipinski definition) is 2. The van der Waals surface area contributed by atoms with Crippen LogP contribution in [0.4, 0.5) is 0 Å². The number of rotatable bonds is 2. The van der Waals surface area contributed by atoms with Crippen molar-refractivity contribution in [2.75, 3.05) is 0 Å². The molecular weight excluding hydrogens is 310 g/mol. The van der Waals surface area contributed by atoms with Crippen LogP contribution in [0.2, 0.25) is 0 Å². The van der Waals surface area contributed by atoms with Crippen molar-refractivity contribution in [1.29, 1.82) is 0 Å². The van der Waals surface area contributed by atoms with Gasteiger partial charge >= 0.3 is 37.7 Å². The largest absolute Gasteiger partial charge is 1.00 e. The third kappa shape index (κ3) is 7.33. The van der Waals surface area contributed by atoms with Crippen molar-refractivity contribution in [2.24, 2.45) is 0 Å². The standard InChI is InChI=1S/2C7H6O2S.2Li/c2*8-6-4-2-1-3-5(6)7(9)10;;/h2*1-4,8H,(H,9,10);;/q;;2*+1/p-2. The van der Waals surface area contributed by atoms with Crippen LogP contribution in [0.5, 0.6) is 11.5 Å². The summed E-state index contributed by atoms with van der Waals surface area (Å²) in [6.07, 6.45) is 0. The minimum atomic E-state index is -0.530.